The molecule has 0 aromatic carbocycles. The summed E-state index contributed by atoms with van der Waals surface area (Å²) in [6.45, 7) is 4.21. The van der Waals surface area contributed by atoms with Gasteiger partial charge in [0.05, 0.1) is 24.7 Å². The zero-order valence-electron chi connectivity index (χ0n) is 12.7. The molecule has 120 valence electrons. The predicted octanol–water partition coefficient (Wildman–Crippen LogP) is -0.211. The Morgan fingerprint density at radius 3 is 2.48 bits per heavy atom. The maximum Gasteiger partial charge on any atom is 0.232 e. The van der Waals surface area contributed by atoms with Crippen LogP contribution in [0.1, 0.15) is 12.8 Å². The van der Waals surface area contributed by atoms with E-state index >= 15 is 0 Å². The van der Waals surface area contributed by atoms with E-state index in [0.717, 1.165) is 25.9 Å². The molecule has 2 rings (SSSR count). The number of nitrogens with zero attached hydrogens (tertiary/aromatic N) is 2. The van der Waals surface area contributed by atoms with Gasteiger partial charge in [-0.05, 0) is 19.9 Å². The number of ether oxygens (including phenoxy) is 1. The van der Waals surface area contributed by atoms with Gasteiger partial charge in [-0.2, -0.15) is 0 Å². The van der Waals surface area contributed by atoms with Crippen molar-refractivity contribution in [2.45, 2.75) is 18.9 Å². The van der Waals surface area contributed by atoms with Crippen LogP contribution >= 0.6 is 11.8 Å². The SMILES string of the molecule is CNC1CCCN(C(=O)CSCC(=O)N2CCOCC2)C1. The number of nitrogens with one attached hydrogen (secondary N) is 1. The fourth-order valence-corrected chi connectivity index (χ4v) is 3.48. The maximum absolute atomic E-state index is 12.1. The van der Waals surface area contributed by atoms with Crippen molar-refractivity contribution in [2.75, 3.05) is 57.9 Å². The number of hydrogen-bond donors (Lipinski definition) is 1. The van der Waals surface area contributed by atoms with E-state index in [1.54, 1.807) is 0 Å². The molecule has 2 fully saturated rings. The number of carbonyl (C=O) groups excluding carboxylic acids is 2. The largest absolute Gasteiger partial charge is 0.378 e. The predicted molar refractivity (Wildman–Crippen MR) is 83.4 cm³/mol. The smallest absolute Gasteiger partial charge is 0.232 e. The zero-order chi connectivity index (χ0) is 15.1. The summed E-state index contributed by atoms with van der Waals surface area (Å²) >= 11 is 1.42. The molecule has 2 aliphatic rings. The molecular formula is C14H25N3O3S. The Bertz CT molecular complexity index is 361. The van der Waals surface area contributed by atoms with Crippen LogP contribution in [0.3, 0.4) is 0 Å². The van der Waals surface area contributed by atoms with Gasteiger partial charge in [-0.3, -0.25) is 9.59 Å². The fraction of sp³-hybridized carbons (Fsp3) is 0.857. The number of hydrogen-bond acceptors (Lipinski definition) is 5. The molecule has 2 amide bonds. The highest BCUT2D eigenvalue weighted by atomic mass is 32.2. The lowest BCUT2D eigenvalue weighted by atomic mass is 10.1. The highest BCUT2D eigenvalue weighted by Gasteiger charge is 2.23. The lowest BCUT2D eigenvalue weighted by molar-refractivity contribution is -0.132. The maximum atomic E-state index is 12.1. The first kappa shape index (κ1) is 16.6. The summed E-state index contributed by atoms with van der Waals surface area (Å²) in [4.78, 5) is 27.9. The quantitative estimate of drug-likeness (QED) is 0.761. The Morgan fingerprint density at radius 2 is 1.81 bits per heavy atom. The number of likely N-dealkylation sites (N-methyl/N-ethyl adjacent to an activating group) is 1. The number of thioether (sulfide) groups is 1. The summed E-state index contributed by atoms with van der Waals surface area (Å²) in [6, 6.07) is 0.405. The van der Waals surface area contributed by atoms with Gasteiger partial charge >= 0.3 is 0 Å². The van der Waals surface area contributed by atoms with Crippen LogP contribution in [-0.2, 0) is 14.3 Å². The van der Waals surface area contributed by atoms with Crippen molar-refractivity contribution < 1.29 is 14.3 Å². The Labute approximate surface area is 130 Å². The van der Waals surface area contributed by atoms with Crippen LogP contribution in [0, 0.1) is 0 Å². The highest BCUT2D eigenvalue weighted by molar-refractivity contribution is 8.00. The molecule has 6 nitrogen and oxygen atoms in total. The van der Waals surface area contributed by atoms with E-state index in [4.69, 9.17) is 4.74 Å². The number of amides is 2. The number of morpholine rings is 1. The van der Waals surface area contributed by atoms with E-state index in [2.05, 4.69) is 5.32 Å². The summed E-state index contributed by atoms with van der Waals surface area (Å²) in [6.07, 6.45) is 2.18. The van der Waals surface area contributed by atoms with Crippen molar-refractivity contribution in [1.29, 1.82) is 0 Å². The number of likely N-dealkylation sites (tertiary alicyclic amines) is 1. The molecule has 2 aliphatic heterocycles. The molecule has 21 heavy (non-hydrogen) atoms. The Morgan fingerprint density at radius 1 is 1.14 bits per heavy atom. The van der Waals surface area contributed by atoms with E-state index in [9.17, 15) is 9.59 Å². The van der Waals surface area contributed by atoms with Crippen molar-refractivity contribution in [2.24, 2.45) is 0 Å². The summed E-state index contributed by atoms with van der Waals surface area (Å²) in [7, 11) is 1.94. The topological polar surface area (TPSA) is 61.9 Å². The standard InChI is InChI=1S/C14H25N3O3S/c1-15-12-3-2-4-17(9-12)14(19)11-21-10-13(18)16-5-7-20-8-6-16/h12,15H,2-11H2,1H3. The lowest BCUT2D eigenvalue weighted by Gasteiger charge is -2.32. The van der Waals surface area contributed by atoms with Crippen LogP contribution in [0.4, 0.5) is 0 Å². The molecule has 2 heterocycles. The van der Waals surface area contributed by atoms with Crippen molar-refractivity contribution in [3.05, 3.63) is 0 Å². The van der Waals surface area contributed by atoms with Gasteiger partial charge in [-0.25, -0.2) is 0 Å². The van der Waals surface area contributed by atoms with Gasteiger partial charge in [0.1, 0.15) is 0 Å². The first-order chi connectivity index (χ1) is 10.2. The normalized spacial score (nSPS) is 23.2. The van der Waals surface area contributed by atoms with Gasteiger partial charge in [0.15, 0.2) is 0 Å². The summed E-state index contributed by atoms with van der Waals surface area (Å²) in [5.41, 5.74) is 0. The molecule has 1 atom stereocenters. The third kappa shape index (κ3) is 5.16. The van der Waals surface area contributed by atoms with Gasteiger partial charge in [0.25, 0.3) is 0 Å². The van der Waals surface area contributed by atoms with E-state index in [1.165, 1.54) is 11.8 Å². The van der Waals surface area contributed by atoms with Crippen LogP contribution in [0.25, 0.3) is 0 Å². The second-order valence-electron chi connectivity index (χ2n) is 5.45. The van der Waals surface area contributed by atoms with E-state index in [1.807, 2.05) is 16.8 Å². The fourth-order valence-electron chi connectivity index (χ4n) is 2.66. The average Bonchev–Trinajstić information content (AvgIpc) is 2.55. The monoisotopic (exact) mass is 315 g/mol. The second kappa shape index (κ2) is 8.60. The summed E-state index contributed by atoms with van der Waals surface area (Å²) < 4.78 is 5.23. The van der Waals surface area contributed by atoms with Gasteiger partial charge in [-0.1, -0.05) is 0 Å². The Balaban J connectivity index is 1.65. The molecule has 2 saturated heterocycles. The van der Waals surface area contributed by atoms with Gasteiger partial charge < -0.3 is 19.9 Å². The Hall–Kier alpha value is -0.790. The summed E-state index contributed by atoms with van der Waals surface area (Å²) in [5.74, 6) is 1.04. The lowest BCUT2D eigenvalue weighted by Crippen LogP contribution is -2.47. The number of carbonyl (C=O) groups is 2. The van der Waals surface area contributed by atoms with Crippen LogP contribution in [0.15, 0.2) is 0 Å². The van der Waals surface area contributed by atoms with Crippen molar-refractivity contribution in [1.82, 2.24) is 15.1 Å². The van der Waals surface area contributed by atoms with Crippen molar-refractivity contribution in [3.8, 4) is 0 Å². The molecule has 0 aromatic heterocycles. The minimum atomic E-state index is 0.114. The van der Waals surface area contributed by atoms with Gasteiger partial charge in [0.2, 0.25) is 11.8 Å². The molecule has 0 bridgehead atoms. The molecule has 0 radical (unpaired) electrons. The highest BCUT2D eigenvalue weighted by Crippen LogP contribution is 2.12. The van der Waals surface area contributed by atoms with E-state index < -0.39 is 0 Å². The molecule has 0 aromatic rings. The van der Waals surface area contributed by atoms with Crippen LogP contribution < -0.4 is 5.32 Å². The summed E-state index contributed by atoms with van der Waals surface area (Å²) in [5, 5.41) is 3.23. The molecule has 0 aliphatic carbocycles. The second-order valence-corrected chi connectivity index (χ2v) is 6.44. The zero-order valence-corrected chi connectivity index (χ0v) is 13.5. The third-order valence-corrected chi connectivity index (χ3v) is 4.90. The minimum absolute atomic E-state index is 0.114. The molecule has 0 spiro atoms. The Kier molecular flexibility index (Phi) is 6.79. The first-order valence-electron chi connectivity index (χ1n) is 7.59. The van der Waals surface area contributed by atoms with Gasteiger partial charge in [0, 0.05) is 32.2 Å². The van der Waals surface area contributed by atoms with E-state index in [-0.39, 0.29) is 11.8 Å². The van der Waals surface area contributed by atoms with E-state index in [0.29, 0.717) is 43.9 Å². The molecule has 1 N–H and O–H groups in total. The van der Waals surface area contributed by atoms with Crippen LogP contribution in [-0.4, -0.2) is 85.6 Å². The molecule has 1 unspecified atom stereocenters. The minimum Gasteiger partial charge on any atom is -0.378 e. The average molecular weight is 315 g/mol. The molecule has 7 heteroatoms. The van der Waals surface area contributed by atoms with Crippen molar-refractivity contribution in [3.63, 3.8) is 0 Å². The first-order valence-corrected chi connectivity index (χ1v) is 8.74. The molecule has 0 saturated carbocycles. The van der Waals surface area contributed by atoms with Crippen LogP contribution in [0.2, 0.25) is 0 Å². The number of rotatable bonds is 5. The van der Waals surface area contributed by atoms with Crippen molar-refractivity contribution >= 4 is 23.6 Å². The number of piperidine rings is 1. The van der Waals surface area contributed by atoms with Gasteiger partial charge in [-0.15, -0.1) is 11.8 Å². The molecular weight excluding hydrogens is 290 g/mol. The van der Waals surface area contributed by atoms with Crippen LogP contribution in [0.5, 0.6) is 0 Å². The third-order valence-electron chi connectivity index (χ3n) is 4.00.